The molecular weight excluding hydrogens is 330 g/mol. The number of rotatable bonds is 6. The molecule has 0 aliphatic rings. The number of nitro benzene ring substituents is 1. The van der Waals surface area contributed by atoms with Gasteiger partial charge in [-0.1, -0.05) is 42.5 Å². The van der Waals surface area contributed by atoms with Crippen LogP contribution in [0.2, 0.25) is 0 Å². The zero-order valence-electron chi connectivity index (χ0n) is 14.0. The van der Waals surface area contributed by atoms with Crippen LogP contribution in [0, 0.1) is 10.1 Å². The van der Waals surface area contributed by atoms with Crippen molar-refractivity contribution in [2.45, 2.75) is 12.8 Å². The van der Waals surface area contributed by atoms with Crippen molar-refractivity contribution in [1.29, 1.82) is 0 Å². The van der Waals surface area contributed by atoms with Crippen LogP contribution in [0.4, 0.5) is 5.69 Å². The maximum Gasteiger partial charge on any atom is 0.335 e. The molecular formula is C21H17NO4. The van der Waals surface area contributed by atoms with E-state index in [0.29, 0.717) is 18.4 Å². The lowest BCUT2D eigenvalue weighted by molar-refractivity contribution is -0.385. The fraction of sp³-hybridized carbons (Fsp3) is 0.0952. The SMILES string of the molecule is O=C(O)c1ccc(-c2ccc([N+](=O)[O-])c(CCc3ccccc3)c2)cc1. The quantitative estimate of drug-likeness (QED) is 0.515. The minimum Gasteiger partial charge on any atom is -0.478 e. The molecule has 1 N–H and O–H groups in total. The summed E-state index contributed by atoms with van der Waals surface area (Å²) in [6.07, 6.45) is 1.27. The normalized spacial score (nSPS) is 10.5. The van der Waals surface area contributed by atoms with Crippen molar-refractivity contribution in [1.82, 2.24) is 0 Å². The number of carboxylic acid groups (broad SMARTS) is 1. The van der Waals surface area contributed by atoms with Crippen LogP contribution in [0.5, 0.6) is 0 Å². The number of aryl methyl sites for hydroxylation is 2. The number of carbonyl (C=O) groups is 1. The van der Waals surface area contributed by atoms with E-state index < -0.39 is 5.97 Å². The third-order valence-electron chi connectivity index (χ3n) is 4.27. The molecule has 0 spiro atoms. The highest BCUT2D eigenvalue weighted by Crippen LogP contribution is 2.28. The van der Waals surface area contributed by atoms with E-state index >= 15 is 0 Å². The van der Waals surface area contributed by atoms with Crippen molar-refractivity contribution < 1.29 is 14.8 Å². The summed E-state index contributed by atoms with van der Waals surface area (Å²) < 4.78 is 0. The number of hydrogen-bond acceptors (Lipinski definition) is 3. The molecule has 0 aliphatic carbocycles. The summed E-state index contributed by atoms with van der Waals surface area (Å²) >= 11 is 0. The van der Waals surface area contributed by atoms with Crippen molar-refractivity contribution >= 4 is 11.7 Å². The van der Waals surface area contributed by atoms with Crippen LogP contribution in [-0.2, 0) is 12.8 Å². The van der Waals surface area contributed by atoms with Gasteiger partial charge in [0.05, 0.1) is 10.5 Å². The van der Waals surface area contributed by atoms with E-state index in [0.717, 1.165) is 16.7 Å². The topological polar surface area (TPSA) is 80.4 Å². The number of nitro groups is 1. The highest BCUT2D eigenvalue weighted by atomic mass is 16.6. The van der Waals surface area contributed by atoms with Crippen LogP contribution < -0.4 is 0 Å². The number of aromatic carboxylic acids is 1. The Bertz CT molecular complexity index is 934. The first-order chi connectivity index (χ1) is 12.5. The molecule has 0 unspecified atom stereocenters. The standard InChI is InChI=1S/C21H17NO4/c23-21(24)17-10-8-16(9-11-17)18-12-13-20(22(25)26)19(14-18)7-6-15-4-2-1-3-5-15/h1-5,8-14H,6-7H2,(H,23,24). The maximum absolute atomic E-state index is 11.3. The fourth-order valence-corrected chi connectivity index (χ4v) is 2.87. The Kier molecular flexibility index (Phi) is 5.08. The molecule has 0 saturated heterocycles. The van der Waals surface area contributed by atoms with Gasteiger partial charge in [0.15, 0.2) is 0 Å². The molecule has 130 valence electrons. The van der Waals surface area contributed by atoms with Crippen molar-refractivity contribution in [3.8, 4) is 11.1 Å². The third kappa shape index (κ3) is 3.95. The molecule has 0 radical (unpaired) electrons. The molecule has 0 bridgehead atoms. The number of hydrogen-bond donors (Lipinski definition) is 1. The second-order valence-corrected chi connectivity index (χ2v) is 5.97. The summed E-state index contributed by atoms with van der Waals surface area (Å²) in [5, 5.41) is 20.3. The van der Waals surface area contributed by atoms with Crippen LogP contribution in [-0.4, -0.2) is 16.0 Å². The lowest BCUT2D eigenvalue weighted by Crippen LogP contribution is -1.99. The van der Waals surface area contributed by atoms with Gasteiger partial charge in [-0.05, 0) is 53.8 Å². The predicted octanol–water partition coefficient (Wildman–Crippen LogP) is 4.75. The number of carboxylic acids is 1. The van der Waals surface area contributed by atoms with Gasteiger partial charge in [0.25, 0.3) is 5.69 Å². The average Bonchev–Trinajstić information content (AvgIpc) is 2.67. The monoisotopic (exact) mass is 347 g/mol. The molecule has 0 heterocycles. The Labute approximate surface area is 150 Å². The molecule has 0 aromatic heterocycles. The van der Waals surface area contributed by atoms with Crippen LogP contribution in [0.3, 0.4) is 0 Å². The molecule has 3 rings (SSSR count). The van der Waals surface area contributed by atoms with Gasteiger partial charge in [-0.15, -0.1) is 0 Å². The molecule has 5 nitrogen and oxygen atoms in total. The summed E-state index contributed by atoms with van der Waals surface area (Å²) in [7, 11) is 0. The lowest BCUT2D eigenvalue weighted by atomic mass is 9.97. The average molecular weight is 347 g/mol. The zero-order chi connectivity index (χ0) is 18.5. The van der Waals surface area contributed by atoms with Crippen molar-refractivity contribution in [3.05, 3.63) is 99.6 Å². The van der Waals surface area contributed by atoms with E-state index in [4.69, 9.17) is 5.11 Å². The Morgan fingerprint density at radius 1 is 0.885 bits per heavy atom. The molecule has 0 aliphatic heterocycles. The summed E-state index contributed by atoms with van der Waals surface area (Å²) in [5.74, 6) is -0.983. The third-order valence-corrected chi connectivity index (χ3v) is 4.27. The van der Waals surface area contributed by atoms with Gasteiger partial charge in [-0.3, -0.25) is 10.1 Å². The molecule has 0 atom stereocenters. The van der Waals surface area contributed by atoms with E-state index in [-0.39, 0.29) is 16.2 Å². The van der Waals surface area contributed by atoms with Gasteiger partial charge in [0, 0.05) is 11.6 Å². The molecule has 0 amide bonds. The van der Waals surface area contributed by atoms with Crippen molar-refractivity contribution in [3.63, 3.8) is 0 Å². The molecule has 26 heavy (non-hydrogen) atoms. The summed E-state index contributed by atoms with van der Waals surface area (Å²) in [6.45, 7) is 0. The Morgan fingerprint density at radius 3 is 2.15 bits per heavy atom. The van der Waals surface area contributed by atoms with E-state index in [1.54, 1.807) is 18.2 Å². The van der Waals surface area contributed by atoms with E-state index in [1.807, 2.05) is 36.4 Å². The number of benzene rings is 3. The fourth-order valence-electron chi connectivity index (χ4n) is 2.87. The zero-order valence-corrected chi connectivity index (χ0v) is 14.0. The summed E-state index contributed by atoms with van der Waals surface area (Å²) in [6, 6.07) is 21.3. The molecule has 5 heteroatoms. The summed E-state index contributed by atoms with van der Waals surface area (Å²) in [5.41, 5.74) is 3.75. The van der Waals surface area contributed by atoms with Crippen molar-refractivity contribution in [2.24, 2.45) is 0 Å². The predicted molar refractivity (Wildman–Crippen MR) is 99.3 cm³/mol. The van der Waals surface area contributed by atoms with E-state index in [9.17, 15) is 14.9 Å². The minimum atomic E-state index is -0.983. The van der Waals surface area contributed by atoms with E-state index in [2.05, 4.69) is 0 Å². The van der Waals surface area contributed by atoms with Gasteiger partial charge >= 0.3 is 5.97 Å². The second-order valence-electron chi connectivity index (χ2n) is 5.97. The van der Waals surface area contributed by atoms with Gasteiger partial charge in [-0.25, -0.2) is 4.79 Å². The highest BCUT2D eigenvalue weighted by Gasteiger charge is 2.15. The molecule has 3 aromatic rings. The molecule has 3 aromatic carbocycles. The maximum atomic E-state index is 11.3. The van der Waals surface area contributed by atoms with Crippen molar-refractivity contribution in [2.75, 3.05) is 0 Å². The summed E-state index contributed by atoms with van der Waals surface area (Å²) in [4.78, 5) is 21.9. The largest absolute Gasteiger partial charge is 0.478 e. The van der Waals surface area contributed by atoms with Gasteiger partial charge in [-0.2, -0.15) is 0 Å². The van der Waals surface area contributed by atoms with Crippen LogP contribution >= 0.6 is 0 Å². The highest BCUT2D eigenvalue weighted by molar-refractivity contribution is 5.88. The second kappa shape index (κ2) is 7.61. The Hall–Kier alpha value is -3.47. The molecule has 0 saturated carbocycles. The van der Waals surface area contributed by atoms with Crippen LogP contribution in [0.15, 0.2) is 72.8 Å². The minimum absolute atomic E-state index is 0.104. The van der Waals surface area contributed by atoms with Crippen LogP contribution in [0.25, 0.3) is 11.1 Å². The van der Waals surface area contributed by atoms with Gasteiger partial charge in [0.2, 0.25) is 0 Å². The number of nitrogens with zero attached hydrogens (tertiary/aromatic N) is 1. The smallest absolute Gasteiger partial charge is 0.335 e. The first kappa shape index (κ1) is 17.4. The van der Waals surface area contributed by atoms with Crippen LogP contribution in [0.1, 0.15) is 21.5 Å². The first-order valence-electron chi connectivity index (χ1n) is 8.19. The van der Waals surface area contributed by atoms with Gasteiger partial charge < -0.3 is 5.11 Å². The lowest BCUT2D eigenvalue weighted by Gasteiger charge is -2.08. The first-order valence-corrected chi connectivity index (χ1v) is 8.19. The Morgan fingerprint density at radius 2 is 1.54 bits per heavy atom. The van der Waals surface area contributed by atoms with Gasteiger partial charge in [0.1, 0.15) is 0 Å². The Balaban J connectivity index is 1.90. The molecule has 0 fully saturated rings. The van der Waals surface area contributed by atoms with E-state index in [1.165, 1.54) is 18.2 Å².